The van der Waals surface area contributed by atoms with Crippen molar-refractivity contribution in [1.29, 1.82) is 0 Å². The van der Waals surface area contributed by atoms with E-state index in [1.54, 1.807) is 0 Å². The number of hydrogen-bond donors (Lipinski definition) is 1. The predicted molar refractivity (Wildman–Crippen MR) is 67.3 cm³/mol. The van der Waals surface area contributed by atoms with Gasteiger partial charge in [0.15, 0.2) is 0 Å². The fraction of sp³-hybridized carbons (Fsp3) is 0.462. The molecule has 1 saturated heterocycles. The third-order valence-electron chi connectivity index (χ3n) is 3.34. The predicted octanol–water partition coefficient (Wildman–Crippen LogP) is 2.12. The third kappa shape index (κ3) is 2.45. The fourth-order valence-electron chi connectivity index (χ4n) is 2.27. The Hall–Kier alpha value is -1.06. The number of rotatable bonds is 2. The van der Waals surface area contributed by atoms with Gasteiger partial charge in [-0.2, -0.15) is 0 Å². The van der Waals surface area contributed by atoms with E-state index >= 15 is 0 Å². The molecule has 17 heavy (non-hydrogen) atoms. The van der Waals surface area contributed by atoms with Crippen LogP contribution in [0.1, 0.15) is 17.0 Å². The van der Waals surface area contributed by atoms with E-state index in [0.29, 0.717) is 6.54 Å². The van der Waals surface area contributed by atoms with Crippen molar-refractivity contribution in [1.82, 2.24) is 5.32 Å². The van der Waals surface area contributed by atoms with Crippen LogP contribution in [0, 0.1) is 12.8 Å². The number of methoxy groups -OCH3 is 1. The van der Waals surface area contributed by atoms with Crippen LogP contribution in [0.2, 0.25) is 5.02 Å². The molecule has 0 spiro atoms. The monoisotopic (exact) mass is 253 g/mol. The molecule has 1 aromatic rings. The molecule has 1 aromatic carbocycles. The summed E-state index contributed by atoms with van der Waals surface area (Å²) in [6.45, 7) is 3.43. The molecule has 0 amide bonds. The number of carbonyl (C=O) groups excluding carboxylic acids is 1. The van der Waals surface area contributed by atoms with Gasteiger partial charge in [-0.05, 0) is 24.1 Å². The minimum Gasteiger partial charge on any atom is -0.469 e. The molecular formula is C13H16ClNO2. The summed E-state index contributed by atoms with van der Waals surface area (Å²) < 4.78 is 4.83. The maximum absolute atomic E-state index is 11.7. The first-order valence-corrected chi connectivity index (χ1v) is 6.06. The van der Waals surface area contributed by atoms with Gasteiger partial charge in [-0.15, -0.1) is 0 Å². The number of benzene rings is 1. The summed E-state index contributed by atoms with van der Waals surface area (Å²) in [5.74, 6) is -0.115. The van der Waals surface area contributed by atoms with Crippen molar-refractivity contribution in [2.24, 2.45) is 5.92 Å². The molecular weight excluding hydrogens is 238 g/mol. The second kappa shape index (κ2) is 5.07. The highest BCUT2D eigenvalue weighted by Gasteiger charge is 2.34. The molecule has 1 N–H and O–H groups in total. The van der Waals surface area contributed by atoms with Gasteiger partial charge in [-0.25, -0.2) is 0 Å². The Labute approximate surface area is 106 Å². The summed E-state index contributed by atoms with van der Waals surface area (Å²) >= 11 is 6.12. The van der Waals surface area contributed by atoms with Gasteiger partial charge in [0, 0.05) is 24.0 Å². The Morgan fingerprint density at radius 1 is 1.47 bits per heavy atom. The number of halogens is 1. The topological polar surface area (TPSA) is 38.3 Å². The normalized spacial score (nSPS) is 23.7. The molecule has 0 radical (unpaired) electrons. The molecule has 0 aliphatic carbocycles. The number of aryl methyl sites for hydroxylation is 1. The van der Waals surface area contributed by atoms with E-state index in [4.69, 9.17) is 16.3 Å². The van der Waals surface area contributed by atoms with Gasteiger partial charge in [0.25, 0.3) is 0 Å². The number of nitrogens with one attached hydrogen (secondary N) is 1. The number of esters is 1. The zero-order valence-corrected chi connectivity index (χ0v) is 10.8. The summed E-state index contributed by atoms with van der Waals surface area (Å²) in [5.41, 5.74) is 2.15. The van der Waals surface area contributed by atoms with E-state index in [-0.39, 0.29) is 17.8 Å². The zero-order valence-electron chi connectivity index (χ0n) is 10.00. The van der Waals surface area contributed by atoms with Crippen LogP contribution in [0.5, 0.6) is 0 Å². The molecule has 1 heterocycles. The van der Waals surface area contributed by atoms with Gasteiger partial charge >= 0.3 is 5.97 Å². The van der Waals surface area contributed by atoms with E-state index < -0.39 is 0 Å². The van der Waals surface area contributed by atoms with Crippen LogP contribution in [-0.2, 0) is 9.53 Å². The number of hydrogen-bond acceptors (Lipinski definition) is 3. The first-order valence-electron chi connectivity index (χ1n) is 5.68. The summed E-state index contributed by atoms with van der Waals surface area (Å²) in [4.78, 5) is 11.7. The summed E-state index contributed by atoms with van der Waals surface area (Å²) in [6, 6.07) is 5.98. The molecule has 0 saturated carbocycles. The molecule has 3 nitrogen and oxygen atoms in total. The molecule has 1 fully saturated rings. The van der Waals surface area contributed by atoms with Crippen molar-refractivity contribution in [2.45, 2.75) is 12.8 Å². The van der Waals surface area contributed by atoms with Crippen LogP contribution < -0.4 is 5.32 Å². The standard InChI is InChI=1S/C13H16ClNO2/c1-8-3-4-9(5-12(8)14)10-6-15-7-11(10)13(16)17-2/h3-5,10-11,15H,6-7H2,1-2H3/t10-,11+/m0/s1. The lowest BCUT2D eigenvalue weighted by Crippen LogP contribution is -2.22. The molecule has 0 aromatic heterocycles. The Balaban J connectivity index is 2.26. The summed E-state index contributed by atoms with van der Waals surface area (Å²) in [5, 5.41) is 3.97. The SMILES string of the molecule is COC(=O)[C@@H]1CNC[C@H]1c1ccc(C)c(Cl)c1. The van der Waals surface area contributed by atoms with Crippen LogP contribution in [0.15, 0.2) is 18.2 Å². The lowest BCUT2D eigenvalue weighted by Gasteiger charge is -2.17. The largest absolute Gasteiger partial charge is 0.469 e. The van der Waals surface area contributed by atoms with Gasteiger partial charge in [-0.1, -0.05) is 23.7 Å². The molecule has 2 atom stereocenters. The van der Waals surface area contributed by atoms with Crippen molar-refractivity contribution >= 4 is 17.6 Å². The zero-order chi connectivity index (χ0) is 12.4. The number of ether oxygens (including phenoxy) is 1. The van der Waals surface area contributed by atoms with Crippen LogP contribution in [-0.4, -0.2) is 26.2 Å². The van der Waals surface area contributed by atoms with E-state index in [0.717, 1.165) is 22.7 Å². The summed E-state index contributed by atoms with van der Waals surface area (Å²) in [6.07, 6.45) is 0. The van der Waals surface area contributed by atoms with Crippen LogP contribution in [0.25, 0.3) is 0 Å². The minimum absolute atomic E-state index is 0.112. The van der Waals surface area contributed by atoms with E-state index in [1.165, 1.54) is 7.11 Å². The van der Waals surface area contributed by atoms with Gasteiger partial charge in [0.1, 0.15) is 0 Å². The Bertz CT molecular complexity index is 433. The minimum atomic E-state index is -0.156. The smallest absolute Gasteiger partial charge is 0.310 e. The first kappa shape index (κ1) is 12.4. The van der Waals surface area contributed by atoms with Gasteiger partial charge in [-0.3, -0.25) is 4.79 Å². The molecule has 1 aliphatic heterocycles. The van der Waals surface area contributed by atoms with E-state index in [1.807, 2.05) is 25.1 Å². The second-order valence-corrected chi connectivity index (χ2v) is 4.81. The van der Waals surface area contributed by atoms with Crippen molar-refractivity contribution in [3.8, 4) is 0 Å². The maximum Gasteiger partial charge on any atom is 0.310 e. The van der Waals surface area contributed by atoms with E-state index in [2.05, 4.69) is 5.32 Å². The van der Waals surface area contributed by atoms with Gasteiger partial charge < -0.3 is 10.1 Å². The molecule has 2 rings (SSSR count). The van der Waals surface area contributed by atoms with Crippen molar-refractivity contribution < 1.29 is 9.53 Å². The quantitative estimate of drug-likeness (QED) is 0.821. The highest BCUT2D eigenvalue weighted by molar-refractivity contribution is 6.31. The van der Waals surface area contributed by atoms with Crippen LogP contribution >= 0.6 is 11.6 Å². The Morgan fingerprint density at radius 2 is 2.24 bits per heavy atom. The van der Waals surface area contributed by atoms with E-state index in [9.17, 15) is 4.79 Å². The van der Waals surface area contributed by atoms with Crippen LogP contribution in [0.3, 0.4) is 0 Å². The third-order valence-corrected chi connectivity index (χ3v) is 3.75. The Kier molecular flexibility index (Phi) is 3.69. The molecule has 0 unspecified atom stereocenters. The average Bonchev–Trinajstić information content (AvgIpc) is 2.80. The molecule has 1 aliphatic rings. The first-order chi connectivity index (χ1) is 8.13. The maximum atomic E-state index is 11.7. The summed E-state index contributed by atoms with van der Waals surface area (Å²) in [7, 11) is 1.43. The van der Waals surface area contributed by atoms with Crippen molar-refractivity contribution in [3.05, 3.63) is 34.3 Å². The van der Waals surface area contributed by atoms with Crippen molar-refractivity contribution in [3.63, 3.8) is 0 Å². The number of carbonyl (C=O) groups is 1. The molecule has 92 valence electrons. The Morgan fingerprint density at radius 3 is 2.88 bits per heavy atom. The fourth-order valence-corrected chi connectivity index (χ4v) is 2.46. The van der Waals surface area contributed by atoms with Gasteiger partial charge in [0.05, 0.1) is 13.0 Å². The highest BCUT2D eigenvalue weighted by atomic mass is 35.5. The average molecular weight is 254 g/mol. The molecule has 4 heteroatoms. The van der Waals surface area contributed by atoms with Gasteiger partial charge in [0.2, 0.25) is 0 Å². The van der Waals surface area contributed by atoms with Crippen molar-refractivity contribution in [2.75, 3.05) is 20.2 Å². The second-order valence-electron chi connectivity index (χ2n) is 4.40. The lowest BCUT2D eigenvalue weighted by molar-refractivity contribution is -0.145. The van der Waals surface area contributed by atoms with Crippen LogP contribution in [0.4, 0.5) is 0 Å². The lowest BCUT2D eigenvalue weighted by atomic mass is 9.88. The molecule has 0 bridgehead atoms. The highest BCUT2D eigenvalue weighted by Crippen LogP contribution is 2.31.